The van der Waals surface area contributed by atoms with E-state index in [0.29, 0.717) is 27.6 Å². The molecule has 0 spiro atoms. The molecule has 0 aliphatic heterocycles. The van der Waals surface area contributed by atoms with E-state index < -0.39 is 5.91 Å². The van der Waals surface area contributed by atoms with Crippen molar-refractivity contribution in [3.63, 3.8) is 0 Å². The van der Waals surface area contributed by atoms with E-state index in [1.165, 1.54) is 23.1 Å². The number of rotatable bonds is 6. The van der Waals surface area contributed by atoms with Crippen LogP contribution in [0, 0.1) is 0 Å². The molecule has 0 saturated heterocycles. The van der Waals surface area contributed by atoms with Gasteiger partial charge in [-0.1, -0.05) is 11.8 Å². The Labute approximate surface area is 146 Å². The Morgan fingerprint density at radius 2 is 2.17 bits per heavy atom. The second kappa shape index (κ2) is 6.21. The molecule has 0 atom stereocenters. The van der Waals surface area contributed by atoms with Crippen molar-refractivity contribution in [1.29, 1.82) is 0 Å². The molecule has 2 heterocycles. The average molecular weight is 364 g/mol. The monoisotopic (exact) mass is 364 g/mol. The second-order valence-corrected chi connectivity index (χ2v) is 7.97. The number of aryl methyl sites for hydroxylation is 1. The average Bonchev–Trinajstić information content (AvgIpc) is 2.96. The zero-order valence-corrected chi connectivity index (χ0v) is 14.5. The van der Waals surface area contributed by atoms with Gasteiger partial charge >= 0.3 is 0 Å². The van der Waals surface area contributed by atoms with Gasteiger partial charge in [0.05, 0.1) is 11.3 Å². The number of nitrogens with one attached hydrogen (secondary N) is 1. The lowest BCUT2D eigenvalue weighted by atomic mass is 10.1. The summed E-state index contributed by atoms with van der Waals surface area (Å²) < 4.78 is 5.51. The van der Waals surface area contributed by atoms with Gasteiger partial charge in [0.15, 0.2) is 0 Å². The highest BCUT2D eigenvalue weighted by atomic mass is 32.2. The fourth-order valence-corrected chi connectivity index (χ4v) is 4.70. The third kappa shape index (κ3) is 3.05. The predicted molar refractivity (Wildman–Crippen MR) is 90.5 cm³/mol. The third-order valence-corrected chi connectivity index (χ3v) is 6.12. The van der Waals surface area contributed by atoms with E-state index in [2.05, 4.69) is 15.5 Å². The summed E-state index contributed by atoms with van der Waals surface area (Å²) in [6, 6.07) is 0. The van der Waals surface area contributed by atoms with Crippen LogP contribution in [0.15, 0.2) is 9.64 Å². The van der Waals surface area contributed by atoms with E-state index in [0.717, 1.165) is 42.5 Å². The largest absolute Gasteiger partial charge is 0.416 e. The van der Waals surface area contributed by atoms with Crippen LogP contribution < -0.4 is 11.1 Å². The van der Waals surface area contributed by atoms with Crippen LogP contribution in [0.1, 0.15) is 51.9 Å². The van der Waals surface area contributed by atoms with Crippen molar-refractivity contribution < 1.29 is 14.0 Å². The van der Waals surface area contributed by atoms with Crippen LogP contribution in [0.4, 0.5) is 5.00 Å². The predicted octanol–water partition coefficient (Wildman–Crippen LogP) is 2.33. The van der Waals surface area contributed by atoms with Gasteiger partial charge in [0, 0.05) is 10.8 Å². The van der Waals surface area contributed by atoms with Gasteiger partial charge in [0.1, 0.15) is 5.00 Å². The molecule has 2 amide bonds. The molecule has 2 aromatic rings. The molecule has 2 aromatic heterocycles. The molecule has 0 radical (unpaired) electrons. The Kier molecular flexibility index (Phi) is 4.05. The van der Waals surface area contributed by atoms with Gasteiger partial charge in [-0.2, -0.15) is 0 Å². The van der Waals surface area contributed by atoms with E-state index in [4.69, 9.17) is 10.2 Å². The smallest absolute Gasteiger partial charge is 0.277 e. The number of anilines is 1. The lowest BCUT2D eigenvalue weighted by Gasteiger charge is -2.04. The van der Waals surface area contributed by atoms with Crippen LogP contribution in [0.5, 0.6) is 0 Å². The van der Waals surface area contributed by atoms with Crippen molar-refractivity contribution in [1.82, 2.24) is 10.2 Å². The number of carbonyl (C=O) groups excluding carboxylic acids is 2. The molecule has 2 aliphatic carbocycles. The zero-order valence-electron chi connectivity index (χ0n) is 12.8. The van der Waals surface area contributed by atoms with Crippen LogP contribution in [0.25, 0.3) is 0 Å². The maximum absolute atomic E-state index is 12.2. The maximum Gasteiger partial charge on any atom is 0.277 e. The van der Waals surface area contributed by atoms with Gasteiger partial charge in [0.2, 0.25) is 11.8 Å². The van der Waals surface area contributed by atoms with Gasteiger partial charge < -0.3 is 15.5 Å². The Hall–Kier alpha value is -1.87. The summed E-state index contributed by atoms with van der Waals surface area (Å²) in [4.78, 5) is 25.0. The lowest BCUT2D eigenvalue weighted by molar-refractivity contribution is -0.113. The van der Waals surface area contributed by atoms with Gasteiger partial charge in [-0.05, 0) is 37.7 Å². The molecule has 1 saturated carbocycles. The third-order valence-electron chi connectivity index (χ3n) is 4.10. The topological polar surface area (TPSA) is 111 Å². The van der Waals surface area contributed by atoms with Gasteiger partial charge in [-0.25, -0.2) is 0 Å². The summed E-state index contributed by atoms with van der Waals surface area (Å²) in [6.07, 6.45) is 5.00. The molecule has 126 valence electrons. The molecule has 0 bridgehead atoms. The number of thioether (sulfide) groups is 1. The van der Waals surface area contributed by atoms with Crippen molar-refractivity contribution in [3.8, 4) is 0 Å². The molecule has 9 heteroatoms. The summed E-state index contributed by atoms with van der Waals surface area (Å²) >= 11 is 2.64. The fraction of sp³-hybridized carbons (Fsp3) is 0.467. The number of nitrogens with two attached hydrogens (primary N) is 1. The number of amides is 2. The van der Waals surface area contributed by atoms with Crippen molar-refractivity contribution in [3.05, 3.63) is 21.9 Å². The Morgan fingerprint density at radius 1 is 1.33 bits per heavy atom. The molecule has 4 rings (SSSR count). The van der Waals surface area contributed by atoms with Crippen molar-refractivity contribution >= 4 is 39.9 Å². The Bertz CT molecular complexity index is 810. The highest BCUT2D eigenvalue weighted by Gasteiger charge is 2.30. The second-order valence-electron chi connectivity index (χ2n) is 5.94. The van der Waals surface area contributed by atoms with Crippen molar-refractivity contribution in [2.45, 2.75) is 43.2 Å². The zero-order chi connectivity index (χ0) is 16.7. The molecule has 0 aromatic carbocycles. The van der Waals surface area contributed by atoms with Gasteiger partial charge in [-0.3, -0.25) is 9.59 Å². The van der Waals surface area contributed by atoms with Crippen molar-refractivity contribution in [2.24, 2.45) is 5.73 Å². The first kappa shape index (κ1) is 15.6. The minimum Gasteiger partial charge on any atom is -0.416 e. The van der Waals surface area contributed by atoms with Crippen LogP contribution in [-0.2, 0) is 17.6 Å². The molecule has 24 heavy (non-hydrogen) atoms. The first-order valence-electron chi connectivity index (χ1n) is 7.82. The Morgan fingerprint density at radius 3 is 2.92 bits per heavy atom. The van der Waals surface area contributed by atoms with E-state index in [-0.39, 0.29) is 11.7 Å². The van der Waals surface area contributed by atoms with E-state index in [1.54, 1.807) is 0 Å². The van der Waals surface area contributed by atoms with Gasteiger partial charge in [-0.15, -0.1) is 21.5 Å². The summed E-state index contributed by atoms with van der Waals surface area (Å²) in [5.41, 5.74) is 6.96. The number of carbonyl (C=O) groups is 2. The van der Waals surface area contributed by atoms with Crippen LogP contribution in [-0.4, -0.2) is 27.8 Å². The summed E-state index contributed by atoms with van der Waals surface area (Å²) in [5, 5.41) is 11.7. The summed E-state index contributed by atoms with van der Waals surface area (Å²) in [7, 11) is 0. The van der Waals surface area contributed by atoms with Crippen molar-refractivity contribution in [2.75, 3.05) is 11.1 Å². The fourth-order valence-electron chi connectivity index (χ4n) is 2.82. The Balaban J connectivity index is 1.39. The first-order chi connectivity index (χ1) is 11.6. The molecular formula is C15H16N4O3S2. The summed E-state index contributed by atoms with van der Waals surface area (Å²) in [6.45, 7) is 0. The molecule has 3 N–H and O–H groups in total. The van der Waals surface area contributed by atoms with Crippen LogP contribution in [0.2, 0.25) is 0 Å². The number of aromatic nitrogens is 2. The molecule has 1 fully saturated rings. The number of nitrogens with zero attached hydrogens (tertiary/aromatic N) is 2. The summed E-state index contributed by atoms with van der Waals surface area (Å²) in [5.74, 6) is 0.500. The SMILES string of the molecule is NC(=O)c1c(NC(=O)CSc2nnc(C3CC3)o2)sc2c1CCC2. The minimum absolute atomic E-state index is 0.146. The number of primary amides is 1. The van der Waals surface area contributed by atoms with E-state index in [9.17, 15) is 9.59 Å². The number of hydrogen-bond acceptors (Lipinski definition) is 7. The lowest BCUT2D eigenvalue weighted by Crippen LogP contribution is -2.18. The normalized spacial score (nSPS) is 16.2. The number of hydrogen-bond donors (Lipinski definition) is 2. The quantitative estimate of drug-likeness (QED) is 0.761. The van der Waals surface area contributed by atoms with Gasteiger partial charge in [0.25, 0.3) is 11.1 Å². The molecule has 0 unspecified atom stereocenters. The van der Waals surface area contributed by atoms with E-state index in [1.807, 2.05) is 0 Å². The highest BCUT2D eigenvalue weighted by molar-refractivity contribution is 7.99. The standard InChI is InChI=1S/C15H16N4O3S2/c16-12(21)11-8-2-1-3-9(8)24-14(11)17-10(20)6-23-15-19-18-13(22-15)7-4-5-7/h7H,1-6H2,(H2,16,21)(H,17,20). The molecule has 7 nitrogen and oxygen atoms in total. The number of fused-ring (bicyclic) bond motifs is 1. The molecular weight excluding hydrogens is 348 g/mol. The van der Waals surface area contributed by atoms with Crippen LogP contribution in [0.3, 0.4) is 0 Å². The minimum atomic E-state index is -0.483. The first-order valence-corrected chi connectivity index (χ1v) is 9.62. The van der Waals surface area contributed by atoms with Crippen LogP contribution >= 0.6 is 23.1 Å². The highest BCUT2D eigenvalue weighted by Crippen LogP contribution is 2.40. The number of thiophene rings is 1. The van der Waals surface area contributed by atoms with E-state index >= 15 is 0 Å². The maximum atomic E-state index is 12.2. The molecule has 2 aliphatic rings.